The van der Waals surface area contributed by atoms with Gasteiger partial charge in [0.15, 0.2) is 10.8 Å². The Hall–Kier alpha value is -2.21. The molecule has 19 heavy (non-hydrogen) atoms. The Morgan fingerprint density at radius 1 is 1.37 bits per heavy atom. The van der Waals surface area contributed by atoms with E-state index in [1.54, 1.807) is 24.3 Å². The van der Waals surface area contributed by atoms with Crippen molar-refractivity contribution in [2.24, 2.45) is 0 Å². The Balaban J connectivity index is 2.01. The van der Waals surface area contributed by atoms with Gasteiger partial charge in [0, 0.05) is 12.0 Å². The number of nitro groups is 1. The molecule has 0 unspecified atom stereocenters. The summed E-state index contributed by atoms with van der Waals surface area (Å²) in [5.74, 6) is -0.441. The van der Waals surface area contributed by atoms with E-state index in [9.17, 15) is 14.9 Å². The summed E-state index contributed by atoms with van der Waals surface area (Å²) >= 11 is 5.66. The molecule has 7 heteroatoms. The van der Waals surface area contributed by atoms with Gasteiger partial charge in [-0.25, -0.2) is 0 Å². The van der Waals surface area contributed by atoms with Crippen LogP contribution >= 0.6 is 11.6 Å². The standard InChI is InChI=1S/C12H10ClN3O3/c13-10-8-15(14-12(10)16(18)19)7-6-11(17)9-4-2-1-3-5-9/h1-5,8H,6-7H2. The monoisotopic (exact) mass is 279 g/mol. The number of carbonyl (C=O) groups is 1. The molecule has 0 aliphatic heterocycles. The molecular weight excluding hydrogens is 270 g/mol. The van der Waals surface area contributed by atoms with Gasteiger partial charge in [-0.2, -0.15) is 4.68 Å². The van der Waals surface area contributed by atoms with Gasteiger partial charge < -0.3 is 10.1 Å². The fraction of sp³-hybridized carbons (Fsp3) is 0.167. The topological polar surface area (TPSA) is 78.0 Å². The Labute approximate surface area is 113 Å². The fourth-order valence-corrected chi connectivity index (χ4v) is 1.83. The Kier molecular flexibility index (Phi) is 3.91. The molecule has 0 saturated carbocycles. The van der Waals surface area contributed by atoms with Crippen molar-refractivity contribution in [3.63, 3.8) is 0 Å². The maximum atomic E-state index is 11.8. The van der Waals surface area contributed by atoms with Gasteiger partial charge in [-0.3, -0.25) is 4.79 Å². The second-order valence-corrected chi connectivity index (χ2v) is 4.27. The zero-order valence-corrected chi connectivity index (χ0v) is 10.6. The van der Waals surface area contributed by atoms with Gasteiger partial charge in [0.1, 0.15) is 0 Å². The summed E-state index contributed by atoms with van der Waals surface area (Å²) in [6.45, 7) is 0.251. The van der Waals surface area contributed by atoms with Gasteiger partial charge >= 0.3 is 5.82 Å². The number of hydrogen-bond donors (Lipinski definition) is 0. The molecule has 1 aromatic heterocycles. The summed E-state index contributed by atoms with van der Waals surface area (Å²) in [7, 11) is 0. The van der Waals surface area contributed by atoms with Crippen LogP contribution < -0.4 is 0 Å². The lowest BCUT2D eigenvalue weighted by Crippen LogP contribution is -2.06. The van der Waals surface area contributed by atoms with Crippen LogP contribution in [0.25, 0.3) is 0 Å². The lowest BCUT2D eigenvalue weighted by atomic mass is 10.1. The molecule has 98 valence electrons. The van der Waals surface area contributed by atoms with Crippen LogP contribution in [0.5, 0.6) is 0 Å². The molecular formula is C12H10ClN3O3. The minimum absolute atomic E-state index is 0.0304. The Morgan fingerprint density at radius 3 is 2.63 bits per heavy atom. The molecule has 1 heterocycles. The number of hydrogen-bond acceptors (Lipinski definition) is 4. The molecule has 1 aromatic carbocycles. The molecule has 0 atom stereocenters. The predicted octanol–water partition coefficient (Wildman–Crippen LogP) is 2.72. The smallest absolute Gasteiger partial charge is 0.358 e. The minimum Gasteiger partial charge on any atom is -0.358 e. The number of aryl methyl sites for hydroxylation is 1. The van der Waals surface area contributed by atoms with Crippen LogP contribution in [0.4, 0.5) is 5.82 Å². The summed E-state index contributed by atoms with van der Waals surface area (Å²) in [5, 5.41) is 14.3. The van der Waals surface area contributed by atoms with E-state index in [1.165, 1.54) is 10.9 Å². The molecule has 0 spiro atoms. The molecule has 0 aliphatic carbocycles. The van der Waals surface area contributed by atoms with Crippen LogP contribution in [0.1, 0.15) is 16.8 Å². The van der Waals surface area contributed by atoms with E-state index in [-0.39, 0.29) is 23.8 Å². The van der Waals surface area contributed by atoms with Gasteiger partial charge in [-0.15, -0.1) is 0 Å². The maximum Gasteiger partial charge on any atom is 0.408 e. The van der Waals surface area contributed by atoms with Crippen molar-refractivity contribution in [1.82, 2.24) is 9.78 Å². The Morgan fingerprint density at radius 2 is 2.05 bits per heavy atom. The molecule has 0 radical (unpaired) electrons. The first kappa shape index (κ1) is 13.2. The normalized spacial score (nSPS) is 10.4. The molecule has 0 aliphatic rings. The highest BCUT2D eigenvalue weighted by molar-refractivity contribution is 6.32. The number of rotatable bonds is 5. The van der Waals surface area contributed by atoms with Gasteiger partial charge in [0.05, 0.1) is 17.8 Å². The van der Waals surface area contributed by atoms with E-state index >= 15 is 0 Å². The summed E-state index contributed by atoms with van der Waals surface area (Å²) in [6, 6.07) is 8.83. The minimum atomic E-state index is -0.655. The number of benzene rings is 1. The van der Waals surface area contributed by atoms with Crippen LogP contribution in [-0.4, -0.2) is 20.5 Å². The summed E-state index contributed by atoms with van der Waals surface area (Å²) in [5.41, 5.74) is 0.607. The lowest BCUT2D eigenvalue weighted by Gasteiger charge is -1.98. The first-order chi connectivity index (χ1) is 9.08. The van der Waals surface area contributed by atoms with Crippen molar-refractivity contribution in [2.75, 3.05) is 0 Å². The van der Waals surface area contributed by atoms with E-state index in [0.717, 1.165) is 0 Å². The Bertz CT molecular complexity index is 610. The SMILES string of the molecule is O=C(CCn1cc(Cl)c([N+](=O)[O-])n1)c1ccccc1. The number of Topliss-reactive ketones (excluding diaryl/α,β-unsaturated/α-hetero) is 1. The van der Waals surface area contributed by atoms with Crippen LogP contribution in [0, 0.1) is 10.1 Å². The fourth-order valence-electron chi connectivity index (χ4n) is 1.61. The second-order valence-electron chi connectivity index (χ2n) is 3.86. The van der Waals surface area contributed by atoms with Crippen molar-refractivity contribution in [2.45, 2.75) is 13.0 Å². The van der Waals surface area contributed by atoms with Crippen LogP contribution in [0.2, 0.25) is 5.02 Å². The average Bonchev–Trinajstić information content (AvgIpc) is 2.78. The lowest BCUT2D eigenvalue weighted by molar-refractivity contribution is -0.389. The van der Waals surface area contributed by atoms with E-state index in [4.69, 9.17) is 11.6 Å². The van der Waals surface area contributed by atoms with Crippen molar-refractivity contribution < 1.29 is 9.72 Å². The number of halogens is 1. The summed E-state index contributed by atoms with van der Waals surface area (Å²) < 4.78 is 1.31. The third-order valence-electron chi connectivity index (χ3n) is 2.54. The quantitative estimate of drug-likeness (QED) is 0.479. The van der Waals surface area contributed by atoms with Crippen molar-refractivity contribution in [3.05, 3.63) is 57.2 Å². The van der Waals surface area contributed by atoms with E-state index in [0.29, 0.717) is 5.56 Å². The van der Waals surface area contributed by atoms with Crippen molar-refractivity contribution >= 4 is 23.2 Å². The molecule has 0 fully saturated rings. The third kappa shape index (κ3) is 3.17. The average molecular weight is 280 g/mol. The highest BCUT2D eigenvalue weighted by atomic mass is 35.5. The predicted molar refractivity (Wildman–Crippen MR) is 69.3 cm³/mol. The first-order valence-electron chi connectivity index (χ1n) is 5.53. The van der Waals surface area contributed by atoms with E-state index in [2.05, 4.69) is 5.10 Å². The summed E-state index contributed by atoms with van der Waals surface area (Å²) in [6.07, 6.45) is 1.55. The van der Waals surface area contributed by atoms with Gasteiger partial charge in [-0.1, -0.05) is 41.9 Å². The highest BCUT2D eigenvalue weighted by Gasteiger charge is 2.19. The number of ketones is 1. The molecule has 6 nitrogen and oxygen atoms in total. The van der Waals surface area contributed by atoms with Crippen LogP contribution in [-0.2, 0) is 6.54 Å². The first-order valence-corrected chi connectivity index (χ1v) is 5.91. The maximum absolute atomic E-state index is 11.8. The van der Waals surface area contributed by atoms with Gasteiger partial charge in [0.2, 0.25) is 0 Å². The second kappa shape index (κ2) is 5.62. The van der Waals surface area contributed by atoms with Gasteiger partial charge in [-0.05, 0) is 4.92 Å². The van der Waals surface area contributed by atoms with Gasteiger partial charge in [0.25, 0.3) is 0 Å². The zero-order chi connectivity index (χ0) is 13.8. The molecule has 0 bridgehead atoms. The largest absolute Gasteiger partial charge is 0.408 e. The van der Waals surface area contributed by atoms with Crippen LogP contribution in [0.3, 0.4) is 0 Å². The molecule has 2 aromatic rings. The van der Waals surface area contributed by atoms with E-state index < -0.39 is 10.7 Å². The molecule has 0 amide bonds. The number of carbonyl (C=O) groups excluding carboxylic acids is 1. The van der Waals surface area contributed by atoms with Crippen LogP contribution in [0.15, 0.2) is 36.5 Å². The highest BCUT2D eigenvalue weighted by Crippen LogP contribution is 2.21. The molecule has 0 saturated heterocycles. The number of aromatic nitrogens is 2. The summed E-state index contributed by atoms with van der Waals surface area (Å²) in [4.78, 5) is 21.8. The zero-order valence-electron chi connectivity index (χ0n) is 9.82. The molecule has 0 N–H and O–H groups in total. The van der Waals surface area contributed by atoms with E-state index in [1.807, 2.05) is 6.07 Å². The third-order valence-corrected chi connectivity index (χ3v) is 2.80. The van der Waals surface area contributed by atoms with Crippen molar-refractivity contribution in [3.8, 4) is 0 Å². The van der Waals surface area contributed by atoms with Crippen molar-refractivity contribution in [1.29, 1.82) is 0 Å². The number of nitrogens with zero attached hydrogens (tertiary/aromatic N) is 3. The molecule has 2 rings (SSSR count).